The third kappa shape index (κ3) is 2.33. The summed E-state index contributed by atoms with van der Waals surface area (Å²) >= 11 is 11.9. The summed E-state index contributed by atoms with van der Waals surface area (Å²) in [6.45, 7) is 5.18. The number of carbonyl (C=O) groups excluding carboxylic acids is 1. The van der Waals surface area contributed by atoms with E-state index in [0.717, 1.165) is 0 Å². The summed E-state index contributed by atoms with van der Waals surface area (Å²) in [5, 5.41) is 0.440. The van der Waals surface area contributed by atoms with Gasteiger partial charge in [-0.2, -0.15) is 0 Å². The first-order chi connectivity index (χ1) is 6.99. The number of ketones is 1. The van der Waals surface area contributed by atoms with E-state index < -0.39 is 0 Å². The molecule has 0 N–H and O–H groups in total. The molecule has 15 heavy (non-hydrogen) atoms. The smallest absolute Gasteiger partial charge is 0.189 e. The van der Waals surface area contributed by atoms with Gasteiger partial charge < -0.3 is 4.74 Å². The lowest BCUT2D eigenvalue weighted by atomic mass is 10.1. The summed E-state index contributed by atoms with van der Waals surface area (Å²) in [5.74, 6) is 0.226. The second-order valence-corrected chi connectivity index (χ2v) is 3.81. The highest BCUT2D eigenvalue weighted by Gasteiger charge is 2.16. The molecule has 0 aliphatic heterocycles. The first kappa shape index (κ1) is 12.1. The fourth-order valence-corrected chi connectivity index (χ4v) is 1.58. The Morgan fingerprint density at radius 3 is 2.40 bits per heavy atom. The van der Waals surface area contributed by atoms with Crippen LogP contribution in [0, 0.1) is 0 Å². The molecule has 0 saturated heterocycles. The highest BCUT2D eigenvalue weighted by Crippen LogP contribution is 2.35. The molecule has 1 rings (SSSR count). The molecule has 0 atom stereocenters. The van der Waals surface area contributed by atoms with Gasteiger partial charge in [0.15, 0.2) is 5.78 Å². The van der Waals surface area contributed by atoms with E-state index in [1.54, 1.807) is 19.1 Å². The van der Waals surface area contributed by atoms with Gasteiger partial charge in [0.05, 0.1) is 12.1 Å². The van der Waals surface area contributed by atoms with Crippen molar-refractivity contribution >= 4 is 29.0 Å². The minimum atomic E-state index is -0.218. The highest BCUT2D eigenvalue weighted by molar-refractivity contribution is 6.45. The Labute approximate surface area is 98.4 Å². The van der Waals surface area contributed by atoms with Crippen LogP contribution in [0.25, 0.3) is 0 Å². The van der Waals surface area contributed by atoms with Crippen LogP contribution in [-0.4, -0.2) is 12.9 Å². The molecule has 1 aromatic carbocycles. The molecular weight excluding hydrogens is 235 g/mol. The average molecular weight is 245 g/mol. The molecule has 0 fully saturated rings. The van der Waals surface area contributed by atoms with Gasteiger partial charge >= 0.3 is 0 Å². The van der Waals surface area contributed by atoms with E-state index >= 15 is 0 Å². The largest absolute Gasteiger partial charge is 0.495 e. The number of carbonyl (C=O) groups is 1. The summed E-state index contributed by atoms with van der Waals surface area (Å²) in [7, 11) is 1.48. The van der Waals surface area contributed by atoms with E-state index in [0.29, 0.717) is 16.9 Å². The summed E-state index contributed by atoms with van der Waals surface area (Å²) in [5.41, 5.74) is 0.758. The number of hydrogen-bond donors (Lipinski definition) is 0. The second-order valence-electron chi connectivity index (χ2n) is 3.05. The minimum absolute atomic E-state index is 0.198. The van der Waals surface area contributed by atoms with Crippen molar-refractivity contribution in [3.8, 4) is 5.75 Å². The topological polar surface area (TPSA) is 26.3 Å². The predicted molar refractivity (Wildman–Crippen MR) is 62.2 cm³/mol. The molecule has 1 aromatic rings. The van der Waals surface area contributed by atoms with Gasteiger partial charge in [-0.05, 0) is 24.6 Å². The molecule has 80 valence electrons. The summed E-state index contributed by atoms with van der Waals surface area (Å²) in [6, 6.07) is 3.18. The third-order valence-corrected chi connectivity index (χ3v) is 2.76. The predicted octanol–water partition coefficient (Wildman–Crippen LogP) is 3.76. The highest BCUT2D eigenvalue weighted by atomic mass is 35.5. The minimum Gasteiger partial charge on any atom is -0.495 e. The number of ether oxygens (including phenoxy) is 1. The lowest BCUT2D eigenvalue weighted by molar-refractivity contribution is 0.103. The van der Waals surface area contributed by atoms with E-state index in [1.165, 1.54) is 7.11 Å². The lowest BCUT2D eigenvalue weighted by Crippen LogP contribution is -2.01. The zero-order valence-corrected chi connectivity index (χ0v) is 9.95. The molecule has 0 spiro atoms. The number of halogens is 2. The van der Waals surface area contributed by atoms with E-state index in [-0.39, 0.29) is 15.8 Å². The van der Waals surface area contributed by atoms with Crippen LogP contribution in [0.1, 0.15) is 17.3 Å². The molecule has 0 amide bonds. The van der Waals surface area contributed by atoms with E-state index in [9.17, 15) is 4.79 Å². The number of rotatable bonds is 3. The summed E-state index contributed by atoms with van der Waals surface area (Å²) in [4.78, 5) is 11.6. The number of Topliss-reactive ketones (excluding diaryl/α,β-unsaturated/α-hetero) is 1. The first-order valence-corrected chi connectivity index (χ1v) is 4.96. The zero-order valence-electron chi connectivity index (χ0n) is 8.43. The Balaban J connectivity index is 3.29. The van der Waals surface area contributed by atoms with Crippen LogP contribution in [0.5, 0.6) is 5.75 Å². The molecule has 0 heterocycles. The van der Waals surface area contributed by atoms with Crippen molar-refractivity contribution in [3.05, 3.63) is 39.9 Å². The maximum Gasteiger partial charge on any atom is 0.189 e. The van der Waals surface area contributed by atoms with E-state index in [4.69, 9.17) is 27.9 Å². The molecule has 2 nitrogen and oxygen atoms in total. The Bertz CT molecular complexity index is 425. The number of methoxy groups -OCH3 is 1. The molecule has 0 radical (unpaired) electrons. The lowest BCUT2D eigenvalue weighted by Gasteiger charge is -2.08. The monoisotopic (exact) mass is 244 g/mol. The molecule has 0 aliphatic carbocycles. The van der Waals surface area contributed by atoms with Gasteiger partial charge in [-0.3, -0.25) is 4.79 Å². The molecular formula is C11H10Cl2O2. The van der Waals surface area contributed by atoms with E-state index in [2.05, 4.69) is 6.58 Å². The van der Waals surface area contributed by atoms with Crippen LogP contribution in [0.4, 0.5) is 0 Å². The van der Waals surface area contributed by atoms with Gasteiger partial charge in [0.1, 0.15) is 10.8 Å². The van der Waals surface area contributed by atoms with Crippen molar-refractivity contribution in [2.75, 3.05) is 7.11 Å². The molecule has 0 bridgehead atoms. The average Bonchev–Trinajstić information content (AvgIpc) is 2.21. The van der Waals surface area contributed by atoms with Gasteiger partial charge in [0.2, 0.25) is 0 Å². The number of benzene rings is 1. The Morgan fingerprint density at radius 1 is 1.33 bits per heavy atom. The quantitative estimate of drug-likeness (QED) is 0.598. The van der Waals surface area contributed by atoms with Gasteiger partial charge in [-0.1, -0.05) is 29.8 Å². The van der Waals surface area contributed by atoms with Crippen molar-refractivity contribution in [2.45, 2.75) is 6.92 Å². The molecule has 4 heteroatoms. The maximum absolute atomic E-state index is 11.6. The number of allylic oxidation sites excluding steroid dienone is 1. The molecule has 0 aromatic heterocycles. The summed E-state index contributed by atoms with van der Waals surface area (Å²) < 4.78 is 4.97. The number of hydrogen-bond acceptors (Lipinski definition) is 2. The van der Waals surface area contributed by atoms with Crippen LogP contribution < -0.4 is 4.74 Å². The van der Waals surface area contributed by atoms with Crippen LogP contribution in [-0.2, 0) is 0 Å². The maximum atomic E-state index is 11.6. The molecule has 0 saturated carbocycles. The van der Waals surface area contributed by atoms with Gasteiger partial charge in [0, 0.05) is 5.56 Å². The molecule has 0 aliphatic rings. The second kappa shape index (κ2) is 4.69. The fraction of sp³-hybridized carbons (Fsp3) is 0.182. The van der Waals surface area contributed by atoms with Gasteiger partial charge in [-0.15, -0.1) is 0 Å². The van der Waals surface area contributed by atoms with Crippen LogP contribution >= 0.6 is 23.2 Å². The van der Waals surface area contributed by atoms with Crippen molar-refractivity contribution < 1.29 is 9.53 Å². The molecule has 0 unspecified atom stereocenters. The Hall–Kier alpha value is -0.990. The van der Waals surface area contributed by atoms with Crippen LogP contribution in [0.3, 0.4) is 0 Å². The van der Waals surface area contributed by atoms with Crippen molar-refractivity contribution in [2.24, 2.45) is 0 Å². The van der Waals surface area contributed by atoms with Gasteiger partial charge in [-0.25, -0.2) is 0 Å². The van der Waals surface area contributed by atoms with E-state index in [1.807, 2.05) is 0 Å². The fourth-order valence-electron chi connectivity index (χ4n) is 1.09. The Kier molecular flexibility index (Phi) is 3.77. The first-order valence-electron chi connectivity index (χ1n) is 4.21. The standard InChI is InChI=1S/C11H10Cl2O2/c1-6(2)11(14)7-4-5-8(15-3)10(13)9(7)12/h4-5H,1H2,2-3H3. The zero-order chi connectivity index (χ0) is 11.6. The Morgan fingerprint density at radius 2 is 1.93 bits per heavy atom. The van der Waals surface area contributed by atoms with Crippen LogP contribution in [0.15, 0.2) is 24.3 Å². The van der Waals surface area contributed by atoms with Gasteiger partial charge in [0.25, 0.3) is 0 Å². The normalized spacial score (nSPS) is 9.87. The third-order valence-electron chi connectivity index (χ3n) is 1.90. The van der Waals surface area contributed by atoms with Crippen molar-refractivity contribution in [3.63, 3.8) is 0 Å². The van der Waals surface area contributed by atoms with Crippen molar-refractivity contribution in [1.82, 2.24) is 0 Å². The van der Waals surface area contributed by atoms with Crippen molar-refractivity contribution in [1.29, 1.82) is 0 Å². The van der Waals surface area contributed by atoms with Crippen LogP contribution in [0.2, 0.25) is 10.0 Å². The SMILES string of the molecule is C=C(C)C(=O)c1ccc(OC)c(Cl)c1Cl. The summed E-state index contributed by atoms with van der Waals surface area (Å²) in [6.07, 6.45) is 0.